The van der Waals surface area contributed by atoms with E-state index in [1.807, 2.05) is 12.2 Å². The quantitative estimate of drug-likeness (QED) is 0.0395. The van der Waals surface area contributed by atoms with Gasteiger partial charge in [-0.1, -0.05) is 190 Å². The second-order valence-corrected chi connectivity index (χ2v) is 21.7. The first-order valence-electron chi connectivity index (χ1n) is 25.3. The molecule has 79 heavy (non-hydrogen) atoms. The first kappa shape index (κ1) is 55.2. The average molecular weight is 1160 g/mol. The van der Waals surface area contributed by atoms with Crippen molar-refractivity contribution in [1.29, 1.82) is 0 Å². The number of halogens is 6. The molecule has 0 heterocycles. The highest BCUT2D eigenvalue weighted by molar-refractivity contribution is 6.32. The predicted octanol–water partition coefficient (Wildman–Crippen LogP) is 15.5. The molecule has 0 atom stereocenters. The third kappa shape index (κ3) is 12.8. The molecule has 0 aliphatic rings. The van der Waals surface area contributed by atoms with Crippen LogP contribution in [0.3, 0.4) is 0 Å². The van der Waals surface area contributed by atoms with Gasteiger partial charge in [0.25, 0.3) is 0 Å². The van der Waals surface area contributed by atoms with Crippen LogP contribution < -0.4 is 36.5 Å². The number of aryl methyl sites for hydroxylation is 1. The Morgan fingerprint density at radius 3 is 1.13 bits per heavy atom. The summed E-state index contributed by atoms with van der Waals surface area (Å²) in [6.07, 6.45) is 3.76. The zero-order valence-corrected chi connectivity index (χ0v) is 45.4. The third-order valence-electron chi connectivity index (χ3n) is 13.1. The van der Waals surface area contributed by atoms with Gasteiger partial charge in [-0.25, -0.2) is 22.0 Å². The van der Waals surface area contributed by atoms with Crippen LogP contribution in [0.2, 0.25) is 0 Å². The van der Waals surface area contributed by atoms with Crippen molar-refractivity contribution in [3.8, 4) is 11.1 Å². The van der Waals surface area contributed by atoms with Crippen LogP contribution in [0.1, 0.15) is 42.0 Å². The fourth-order valence-electron chi connectivity index (χ4n) is 8.91. The van der Waals surface area contributed by atoms with Gasteiger partial charge in [-0.15, -0.1) is 5.46 Å². The Bertz CT molecular complexity index is 3590. The number of rotatable bonds is 12. The largest absolute Gasteiger partial charge is 0.357 e. The lowest BCUT2D eigenvalue weighted by Gasteiger charge is -2.27. The molecule has 0 aliphatic carbocycles. The van der Waals surface area contributed by atoms with Gasteiger partial charge in [0.2, 0.25) is 0 Å². The minimum absolute atomic E-state index is 0.0167. The zero-order chi connectivity index (χ0) is 55.6. The number of hydrogen-bond acceptors (Lipinski definition) is 2. The Hall–Kier alpha value is -8.54. The standard InChI is InChI=1S/C48H36N2.C16H18I.C6H3BF5/c1-3-35-19-27-41(28-20-35)49(47-17-9-13-39-11-5-7-15-45(39)47)43-31-23-37(24-32-43)38-25-33-44(34-26-38)50(42-29-21-36(4-2)22-30-42)48-18-10-14-40-12-6-8-16-46(40)48;1-12(2)14-6-10-16(11-7-14)17-15-8-4-13(3)5-9-15;7-1-2(8)4(10)6(12)5(11)3(1)9/h3-34H,1-2H2;4-12H,1-3H3;7H3/q;+1;-1. The van der Waals surface area contributed by atoms with Gasteiger partial charge >= 0.3 is 21.2 Å². The van der Waals surface area contributed by atoms with Crippen molar-refractivity contribution < 1.29 is 43.2 Å². The number of anilines is 6. The van der Waals surface area contributed by atoms with Gasteiger partial charge in [0.15, 0.2) is 24.6 Å². The summed E-state index contributed by atoms with van der Waals surface area (Å²) in [6.45, 7) is 14.5. The fourth-order valence-corrected chi connectivity index (χ4v) is 11.1. The van der Waals surface area contributed by atoms with Crippen molar-refractivity contribution in [3.05, 3.63) is 302 Å². The molecule has 2 nitrogen and oxygen atoms in total. The molecule has 0 radical (unpaired) electrons. The van der Waals surface area contributed by atoms with Gasteiger partial charge in [0.05, 0.1) is 11.4 Å². The summed E-state index contributed by atoms with van der Waals surface area (Å²) in [5, 5.41) is 4.84. The van der Waals surface area contributed by atoms with E-state index in [0.29, 0.717) is 5.92 Å². The second kappa shape index (κ2) is 25.3. The Morgan fingerprint density at radius 2 is 0.747 bits per heavy atom. The minimum atomic E-state index is -2.09. The van der Waals surface area contributed by atoms with Crippen LogP contribution in [0.5, 0.6) is 0 Å². The molecule has 0 spiro atoms. The number of fused-ring (bicyclic) bond motifs is 2. The van der Waals surface area contributed by atoms with E-state index >= 15 is 0 Å². The van der Waals surface area contributed by atoms with Crippen LogP contribution in [0.4, 0.5) is 56.1 Å². The molecule has 0 saturated carbocycles. The van der Waals surface area contributed by atoms with Gasteiger partial charge in [-0.3, -0.25) is 0 Å². The number of nitrogens with zero attached hydrogens (tertiary/aromatic N) is 2. The Balaban J connectivity index is 0.000000212. The van der Waals surface area contributed by atoms with Gasteiger partial charge in [-0.2, -0.15) is 0 Å². The van der Waals surface area contributed by atoms with Gasteiger partial charge in [0.1, 0.15) is 11.6 Å². The highest BCUT2D eigenvalue weighted by Crippen LogP contribution is 2.42. The lowest BCUT2D eigenvalue weighted by atomic mass is 9.94. The van der Waals surface area contributed by atoms with E-state index < -0.39 is 42.4 Å². The molecule has 392 valence electrons. The maximum atomic E-state index is 12.5. The predicted molar refractivity (Wildman–Crippen MR) is 321 cm³/mol. The van der Waals surface area contributed by atoms with E-state index in [1.54, 1.807) is 0 Å². The lowest BCUT2D eigenvalue weighted by molar-refractivity contribution is -0.597. The van der Waals surface area contributed by atoms with Gasteiger partial charge < -0.3 is 9.80 Å². The van der Waals surface area contributed by atoms with Gasteiger partial charge in [-0.05, 0) is 144 Å². The normalized spacial score (nSPS) is 10.9. The van der Waals surface area contributed by atoms with Crippen molar-refractivity contribution in [2.45, 2.75) is 26.7 Å². The highest BCUT2D eigenvalue weighted by atomic mass is 127. The fraction of sp³-hybridized carbons (Fsp3) is 0.0571. The van der Waals surface area contributed by atoms with Crippen LogP contribution in [-0.4, -0.2) is 7.85 Å². The van der Waals surface area contributed by atoms with E-state index in [4.69, 9.17) is 0 Å². The second-order valence-electron chi connectivity index (χ2n) is 18.6. The van der Waals surface area contributed by atoms with E-state index in [1.165, 1.54) is 39.8 Å². The SMILES string of the molecule is C=Cc1ccc(N(c2ccc(-c3ccc(N(c4ccc(C=C)cc4)c4cccc5ccccc45)cc3)cc2)c2cccc3ccccc23)cc1.Cc1ccc([I+]c2ccc(C(C)C)cc2)cc1.[BH3-]c1c(F)c(F)c(F)c(F)c1F. The van der Waals surface area contributed by atoms with E-state index in [9.17, 15) is 22.0 Å². The highest BCUT2D eigenvalue weighted by Gasteiger charge is 2.21. The minimum Gasteiger partial charge on any atom is -0.310 e. The van der Waals surface area contributed by atoms with Crippen molar-refractivity contribution >= 4 is 81.1 Å². The molecule has 0 bridgehead atoms. The summed E-state index contributed by atoms with van der Waals surface area (Å²) >= 11 is -0.0167. The topological polar surface area (TPSA) is 6.48 Å². The number of hydrogen-bond donors (Lipinski definition) is 0. The summed E-state index contributed by atoms with van der Waals surface area (Å²) in [5.41, 5.74) is 13.3. The van der Waals surface area contributed by atoms with Crippen molar-refractivity contribution in [2.75, 3.05) is 9.80 Å². The molecule has 0 unspecified atom stereocenters. The van der Waals surface area contributed by atoms with E-state index in [0.717, 1.165) is 56.4 Å². The molecule has 0 saturated heterocycles. The molecule has 11 rings (SSSR count). The van der Waals surface area contributed by atoms with Crippen LogP contribution in [0.15, 0.2) is 244 Å². The van der Waals surface area contributed by atoms with Crippen molar-refractivity contribution in [1.82, 2.24) is 0 Å². The smallest absolute Gasteiger partial charge is 0.310 e. The summed E-state index contributed by atoms with van der Waals surface area (Å²) in [4.78, 5) is 4.67. The molecule has 0 aliphatic heterocycles. The van der Waals surface area contributed by atoms with Crippen molar-refractivity contribution in [3.63, 3.8) is 0 Å². The summed E-state index contributed by atoms with van der Waals surface area (Å²) in [5.74, 6) is -8.51. The van der Waals surface area contributed by atoms with Gasteiger partial charge in [0, 0.05) is 33.5 Å². The first-order chi connectivity index (χ1) is 38.3. The first-order valence-corrected chi connectivity index (χ1v) is 27.5. The van der Waals surface area contributed by atoms with Crippen LogP contribution in [-0.2, 0) is 0 Å². The Labute approximate surface area is 471 Å². The molecule has 11 aromatic rings. The molecule has 0 fully saturated rings. The average Bonchev–Trinajstić information content (AvgIpc) is 3.52. The van der Waals surface area contributed by atoms with E-state index in [-0.39, 0.29) is 21.2 Å². The monoisotopic (exact) mass is 1160 g/mol. The molecule has 0 N–H and O–H groups in total. The maximum absolute atomic E-state index is 12.5. The molecular weight excluding hydrogens is 1100 g/mol. The Kier molecular flexibility index (Phi) is 17.7. The third-order valence-corrected chi connectivity index (χ3v) is 15.8. The molecule has 0 amide bonds. The zero-order valence-electron chi connectivity index (χ0n) is 43.2. The summed E-state index contributed by atoms with van der Waals surface area (Å²) < 4.78 is 64.8. The van der Waals surface area contributed by atoms with Crippen LogP contribution in [0.25, 0.3) is 44.8 Å². The lowest BCUT2D eigenvalue weighted by Crippen LogP contribution is -3.61. The number of benzene rings is 11. The summed E-state index contributed by atoms with van der Waals surface area (Å²) in [6, 6.07) is 83.1. The van der Waals surface area contributed by atoms with E-state index in [2.05, 4.69) is 274 Å². The molecular formula is C70H57BF5IN2. The Morgan fingerprint density at radius 1 is 0.405 bits per heavy atom. The van der Waals surface area contributed by atoms with Crippen LogP contribution in [0, 0.1) is 43.2 Å². The van der Waals surface area contributed by atoms with Crippen molar-refractivity contribution in [2.24, 2.45) is 0 Å². The molecule has 0 aromatic heterocycles. The van der Waals surface area contributed by atoms with Crippen LogP contribution >= 0.6 is 0 Å². The summed E-state index contributed by atoms with van der Waals surface area (Å²) in [7, 11) is -1.05. The molecule has 9 heteroatoms. The maximum Gasteiger partial charge on any atom is 0.357 e. The molecule has 11 aromatic carbocycles.